The van der Waals surface area contributed by atoms with Gasteiger partial charge in [0.1, 0.15) is 11.5 Å². The highest BCUT2D eigenvalue weighted by molar-refractivity contribution is 6.31. The van der Waals surface area contributed by atoms with Crippen LogP contribution in [0.4, 0.5) is 5.69 Å². The SMILES string of the molecule is COc1cccc(C(=O)Oc2ccc(C(=O)COC(=O)[C@@H]3CC(=O)N(c4cccc(Cl)c4C)C3)cc2)c1. The number of halogens is 1. The molecule has 0 unspecified atom stereocenters. The number of carbonyl (C=O) groups excluding carboxylic acids is 4. The molecule has 0 N–H and O–H groups in total. The Labute approximate surface area is 218 Å². The molecule has 0 aliphatic carbocycles. The molecule has 0 saturated carbocycles. The van der Waals surface area contributed by atoms with E-state index >= 15 is 0 Å². The zero-order chi connectivity index (χ0) is 26.5. The zero-order valence-corrected chi connectivity index (χ0v) is 21.0. The summed E-state index contributed by atoms with van der Waals surface area (Å²) in [6.45, 7) is 1.49. The lowest BCUT2D eigenvalue weighted by Gasteiger charge is -2.19. The second kappa shape index (κ2) is 11.3. The summed E-state index contributed by atoms with van der Waals surface area (Å²) in [5.74, 6) is -1.73. The third-order valence-corrected chi connectivity index (χ3v) is 6.44. The van der Waals surface area contributed by atoms with Crippen LogP contribution in [0, 0.1) is 12.8 Å². The number of anilines is 1. The molecule has 9 heteroatoms. The van der Waals surface area contributed by atoms with Crippen LogP contribution in [0.1, 0.15) is 32.7 Å². The third-order valence-electron chi connectivity index (χ3n) is 6.03. The van der Waals surface area contributed by atoms with Gasteiger partial charge in [-0.2, -0.15) is 0 Å². The van der Waals surface area contributed by atoms with Gasteiger partial charge >= 0.3 is 11.9 Å². The van der Waals surface area contributed by atoms with E-state index in [4.69, 9.17) is 25.8 Å². The third kappa shape index (κ3) is 5.98. The molecule has 1 aliphatic heterocycles. The fraction of sp³-hybridized carbons (Fsp3) is 0.214. The van der Waals surface area contributed by atoms with Crippen molar-refractivity contribution in [3.05, 3.63) is 88.4 Å². The van der Waals surface area contributed by atoms with Crippen LogP contribution in [0.2, 0.25) is 5.02 Å². The summed E-state index contributed by atoms with van der Waals surface area (Å²) in [7, 11) is 1.50. The second-order valence-corrected chi connectivity index (χ2v) is 8.87. The summed E-state index contributed by atoms with van der Waals surface area (Å²) in [5.41, 5.74) is 2.00. The van der Waals surface area contributed by atoms with Crippen molar-refractivity contribution >= 4 is 40.9 Å². The van der Waals surface area contributed by atoms with E-state index in [2.05, 4.69) is 0 Å². The summed E-state index contributed by atoms with van der Waals surface area (Å²) in [4.78, 5) is 51.5. The van der Waals surface area contributed by atoms with E-state index in [1.165, 1.54) is 36.3 Å². The van der Waals surface area contributed by atoms with Gasteiger partial charge in [0, 0.05) is 29.2 Å². The smallest absolute Gasteiger partial charge is 0.343 e. The summed E-state index contributed by atoms with van der Waals surface area (Å²) in [5, 5.41) is 0.531. The number of Topliss-reactive ketones (excluding diaryl/α,β-unsaturated/α-hetero) is 1. The van der Waals surface area contributed by atoms with Gasteiger partial charge in [0.2, 0.25) is 5.91 Å². The zero-order valence-electron chi connectivity index (χ0n) is 20.2. The standard InChI is InChI=1S/C28H24ClNO7/c1-17-23(29)7-4-8-24(17)30-15-20(14-26(30)32)27(33)36-16-25(31)18-9-11-21(12-10-18)37-28(34)19-5-3-6-22(13-19)35-2/h3-13,20H,14-16H2,1-2H3/t20-/m1/s1. The largest absolute Gasteiger partial charge is 0.497 e. The molecule has 0 spiro atoms. The molecule has 3 aromatic carbocycles. The number of esters is 2. The normalized spacial score (nSPS) is 14.8. The van der Waals surface area contributed by atoms with Crippen molar-refractivity contribution < 1.29 is 33.4 Å². The summed E-state index contributed by atoms with van der Waals surface area (Å²) in [6.07, 6.45) is -0.00761. The Morgan fingerprint density at radius 3 is 2.43 bits per heavy atom. The maximum atomic E-state index is 12.6. The van der Waals surface area contributed by atoms with Gasteiger partial charge in [0.15, 0.2) is 12.4 Å². The number of ether oxygens (including phenoxy) is 3. The van der Waals surface area contributed by atoms with Gasteiger partial charge in [0.25, 0.3) is 0 Å². The second-order valence-electron chi connectivity index (χ2n) is 8.47. The Bertz CT molecular complexity index is 1350. The van der Waals surface area contributed by atoms with Crippen LogP contribution in [-0.4, -0.2) is 43.9 Å². The number of rotatable bonds is 8. The maximum absolute atomic E-state index is 12.6. The minimum atomic E-state index is -0.683. The van der Waals surface area contributed by atoms with Crippen LogP contribution in [0.3, 0.4) is 0 Å². The summed E-state index contributed by atoms with van der Waals surface area (Å²) in [6, 6.07) is 17.7. The molecular formula is C28H24ClNO7. The molecule has 1 aliphatic rings. The van der Waals surface area contributed by atoms with Crippen LogP contribution in [0.15, 0.2) is 66.7 Å². The molecule has 37 heavy (non-hydrogen) atoms. The van der Waals surface area contributed by atoms with Crippen molar-refractivity contribution in [2.24, 2.45) is 5.92 Å². The van der Waals surface area contributed by atoms with E-state index in [-0.39, 0.29) is 30.2 Å². The number of carbonyl (C=O) groups is 4. The Balaban J connectivity index is 1.30. The van der Waals surface area contributed by atoms with E-state index in [9.17, 15) is 19.2 Å². The number of hydrogen-bond donors (Lipinski definition) is 0. The molecule has 1 heterocycles. The first-order chi connectivity index (χ1) is 17.8. The topological polar surface area (TPSA) is 99.2 Å². The average molecular weight is 522 g/mol. The van der Waals surface area contributed by atoms with Gasteiger partial charge in [-0.05, 0) is 67.1 Å². The molecular weight excluding hydrogens is 498 g/mol. The number of benzene rings is 3. The number of hydrogen-bond acceptors (Lipinski definition) is 7. The van der Waals surface area contributed by atoms with Crippen molar-refractivity contribution in [3.8, 4) is 11.5 Å². The minimum absolute atomic E-state index is 0.00761. The molecule has 0 bridgehead atoms. The maximum Gasteiger partial charge on any atom is 0.343 e. The van der Waals surface area contributed by atoms with Gasteiger partial charge in [-0.3, -0.25) is 14.4 Å². The lowest BCUT2D eigenvalue weighted by molar-refractivity contribution is -0.147. The first-order valence-electron chi connectivity index (χ1n) is 11.5. The van der Waals surface area contributed by atoms with Crippen molar-refractivity contribution in [1.29, 1.82) is 0 Å². The van der Waals surface area contributed by atoms with Crippen LogP contribution in [0.25, 0.3) is 0 Å². The number of ketones is 1. The minimum Gasteiger partial charge on any atom is -0.497 e. The quantitative estimate of drug-likeness (QED) is 0.241. The van der Waals surface area contributed by atoms with Gasteiger partial charge in [-0.15, -0.1) is 0 Å². The molecule has 4 rings (SSSR count). The summed E-state index contributed by atoms with van der Waals surface area (Å²) >= 11 is 6.16. The Kier molecular flexibility index (Phi) is 7.89. The van der Waals surface area contributed by atoms with Crippen LogP contribution < -0.4 is 14.4 Å². The molecule has 3 aromatic rings. The highest BCUT2D eigenvalue weighted by atomic mass is 35.5. The number of nitrogens with zero attached hydrogens (tertiary/aromatic N) is 1. The molecule has 0 aromatic heterocycles. The molecule has 1 fully saturated rings. The summed E-state index contributed by atoms with van der Waals surface area (Å²) < 4.78 is 15.7. The number of amides is 1. The van der Waals surface area contributed by atoms with E-state index in [0.29, 0.717) is 22.0 Å². The lowest BCUT2D eigenvalue weighted by Crippen LogP contribution is -2.27. The van der Waals surface area contributed by atoms with Crippen molar-refractivity contribution in [2.45, 2.75) is 13.3 Å². The molecule has 1 saturated heterocycles. The molecule has 1 amide bonds. The predicted octanol–water partition coefficient (Wildman–Crippen LogP) is 4.66. The Morgan fingerprint density at radius 1 is 0.973 bits per heavy atom. The average Bonchev–Trinajstić information content (AvgIpc) is 3.30. The van der Waals surface area contributed by atoms with E-state index in [1.54, 1.807) is 49.4 Å². The van der Waals surface area contributed by atoms with Crippen LogP contribution >= 0.6 is 11.6 Å². The van der Waals surface area contributed by atoms with Gasteiger partial charge in [-0.25, -0.2) is 4.79 Å². The first kappa shape index (κ1) is 25.9. The molecule has 1 atom stereocenters. The highest BCUT2D eigenvalue weighted by Gasteiger charge is 2.37. The fourth-order valence-electron chi connectivity index (χ4n) is 3.95. The van der Waals surface area contributed by atoms with Gasteiger partial charge in [-0.1, -0.05) is 23.7 Å². The van der Waals surface area contributed by atoms with Gasteiger partial charge < -0.3 is 19.1 Å². The molecule has 0 radical (unpaired) electrons. The van der Waals surface area contributed by atoms with Crippen LogP contribution in [0.5, 0.6) is 11.5 Å². The van der Waals surface area contributed by atoms with Crippen LogP contribution in [-0.2, 0) is 14.3 Å². The van der Waals surface area contributed by atoms with E-state index < -0.39 is 30.2 Å². The number of methoxy groups -OCH3 is 1. The van der Waals surface area contributed by atoms with Crippen molar-refractivity contribution in [1.82, 2.24) is 0 Å². The van der Waals surface area contributed by atoms with E-state index in [1.807, 2.05) is 0 Å². The molecule has 190 valence electrons. The Morgan fingerprint density at radius 2 is 1.70 bits per heavy atom. The van der Waals surface area contributed by atoms with E-state index in [0.717, 1.165) is 5.56 Å². The van der Waals surface area contributed by atoms with Gasteiger partial charge in [0.05, 0.1) is 18.6 Å². The predicted molar refractivity (Wildman–Crippen MR) is 136 cm³/mol. The highest BCUT2D eigenvalue weighted by Crippen LogP contribution is 2.31. The fourth-order valence-corrected chi connectivity index (χ4v) is 4.12. The monoisotopic (exact) mass is 521 g/mol. The lowest BCUT2D eigenvalue weighted by atomic mass is 10.1. The molecule has 8 nitrogen and oxygen atoms in total. The van der Waals surface area contributed by atoms with Crippen molar-refractivity contribution in [2.75, 3.05) is 25.2 Å². The Hall–Kier alpha value is -4.17. The first-order valence-corrected chi connectivity index (χ1v) is 11.9. The van der Waals surface area contributed by atoms with Crippen molar-refractivity contribution in [3.63, 3.8) is 0 Å².